The molecule has 1 saturated carbocycles. The van der Waals surface area contributed by atoms with Crippen molar-refractivity contribution in [3.8, 4) is 0 Å². The van der Waals surface area contributed by atoms with Crippen molar-refractivity contribution < 1.29 is 4.39 Å². The minimum atomic E-state index is -0.150. The van der Waals surface area contributed by atoms with Gasteiger partial charge in [-0.25, -0.2) is 4.39 Å². The molecule has 2 rings (SSSR count). The second-order valence-corrected chi connectivity index (χ2v) is 5.75. The first kappa shape index (κ1) is 12.1. The van der Waals surface area contributed by atoms with Gasteiger partial charge < -0.3 is 5.32 Å². The van der Waals surface area contributed by atoms with E-state index in [2.05, 4.69) is 21.2 Å². The van der Waals surface area contributed by atoms with Gasteiger partial charge in [0.25, 0.3) is 0 Å². The molecule has 0 spiro atoms. The molecule has 88 valence electrons. The van der Waals surface area contributed by atoms with E-state index in [4.69, 9.17) is 0 Å². The Bertz CT molecular complexity index is 354. The number of hydrogen-bond acceptors (Lipinski definition) is 1. The Morgan fingerprint density at radius 2 is 2.12 bits per heavy atom. The first-order valence-corrected chi connectivity index (χ1v) is 6.52. The minimum absolute atomic E-state index is 0.150. The lowest BCUT2D eigenvalue weighted by molar-refractivity contribution is 0.133. The third kappa shape index (κ3) is 2.64. The van der Waals surface area contributed by atoms with E-state index in [9.17, 15) is 4.39 Å². The predicted octanol–water partition coefficient (Wildman–Crippen LogP) is 3.52. The minimum Gasteiger partial charge on any atom is -0.319 e. The lowest BCUT2D eigenvalue weighted by Gasteiger charge is -2.42. The van der Waals surface area contributed by atoms with Gasteiger partial charge in [0.05, 0.1) is 0 Å². The predicted molar refractivity (Wildman–Crippen MR) is 68.0 cm³/mol. The van der Waals surface area contributed by atoms with Crippen molar-refractivity contribution in [1.82, 2.24) is 5.32 Å². The smallest absolute Gasteiger partial charge is 0.124 e. The average molecular weight is 286 g/mol. The van der Waals surface area contributed by atoms with Gasteiger partial charge in [-0.3, -0.25) is 0 Å². The molecular weight excluding hydrogens is 269 g/mol. The molecule has 0 aliphatic heterocycles. The summed E-state index contributed by atoms with van der Waals surface area (Å²) in [6.45, 7) is 1.03. The number of benzene rings is 1. The fourth-order valence-electron chi connectivity index (χ4n) is 2.61. The van der Waals surface area contributed by atoms with E-state index in [-0.39, 0.29) is 5.82 Å². The molecule has 3 heteroatoms. The van der Waals surface area contributed by atoms with Crippen LogP contribution in [-0.4, -0.2) is 13.6 Å². The fraction of sp³-hybridized carbons (Fsp3) is 0.538. The molecule has 1 aromatic carbocycles. The van der Waals surface area contributed by atoms with Crippen molar-refractivity contribution in [3.63, 3.8) is 0 Å². The molecule has 0 saturated heterocycles. The quantitative estimate of drug-likeness (QED) is 0.893. The first-order chi connectivity index (χ1) is 7.63. The number of hydrogen-bond donors (Lipinski definition) is 1. The molecule has 1 aliphatic carbocycles. The molecule has 0 heterocycles. The highest BCUT2D eigenvalue weighted by Gasteiger charge is 2.36. The Balaban J connectivity index is 2.12. The maximum Gasteiger partial charge on any atom is 0.124 e. The van der Waals surface area contributed by atoms with Crippen LogP contribution in [-0.2, 0) is 6.42 Å². The Labute approximate surface area is 105 Å². The lowest BCUT2D eigenvalue weighted by atomic mass is 9.65. The van der Waals surface area contributed by atoms with Crippen molar-refractivity contribution in [2.75, 3.05) is 13.6 Å². The number of nitrogens with one attached hydrogen (secondary N) is 1. The second-order valence-electron chi connectivity index (χ2n) is 4.84. The van der Waals surface area contributed by atoms with Crippen LogP contribution in [0.4, 0.5) is 4.39 Å². The largest absolute Gasteiger partial charge is 0.319 e. The SMILES string of the molecule is CNCC1(Cc2cc(F)cc(Br)c2)CCC1. The lowest BCUT2D eigenvalue weighted by Crippen LogP contribution is -2.40. The monoisotopic (exact) mass is 285 g/mol. The van der Waals surface area contributed by atoms with Crippen molar-refractivity contribution in [3.05, 3.63) is 34.1 Å². The van der Waals surface area contributed by atoms with Crippen LogP contribution >= 0.6 is 15.9 Å². The van der Waals surface area contributed by atoms with Crippen molar-refractivity contribution >= 4 is 15.9 Å². The molecule has 1 aliphatic rings. The molecule has 0 bridgehead atoms. The molecule has 0 atom stereocenters. The maximum atomic E-state index is 13.3. The van der Waals surface area contributed by atoms with Gasteiger partial charge in [0.1, 0.15) is 5.82 Å². The van der Waals surface area contributed by atoms with E-state index in [1.54, 1.807) is 6.07 Å². The van der Waals surface area contributed by atoms with Crippen LogP contribution in [0.1, 0.15) is 24.8 Å². The summed E-state index contributed by atoms with van der Waals surface area (Å²) in [5.74, 6) is -0.150. The highest BCUT2D eigenvalue weighted by molar-refractivity contribution is 9.10. The van der Waals surface area contributed by atoms with Crippen molar-refractivity contribution in [2.24, 2.45) is 5.41 Å². The highest BCUT2D eigenvalue weighted by atomic mass is 79.9. The summed E-state index contributed by atoms with van der Waals surface area (Å²) in [6, 6.07) is 5.19. The van der Waals surface area contributed by atoms with Gasteiger partial charge in [-0.05, 0) is 55.5 Å². The molecular formula is C13H17BrFN. The maximum absolute atomic E-state index is 13.3. The summed E-state index contributed by atoms with van der Waals surface area (Å²) in [6.07, 6.45) is 4.78. The van der Waals surface area contributed by atoms with Gasteiger partial charge in [-0.2, -0.15) is 0 Å². The van der Waals surface area contributed by atoms with Crippen LogP contribution in [0.25, 0.3) is 0 Å². The first-order valence-electron chi connectivity index (χ1n) is 5.73. The second kappa shape index (κ2) is 4.84. The molecule has 1 aromatic rings. The van der Waals surface area contributed by atoms with E-state index in [0.717, 1.165) is 23.0 Å². The van der Waals surface area contributed by atoms with Gasteiger partial charge in [0.15, 0.2) is 0 Å². The Morgan fingerprint density at radius 3 is 2.62 bits per heavy atom. The standard InChI is InChI=1S/C13H17BrFN/c1-16-9-13(3-2-4-13)8-10-5-11(14)7-12(15)6-10/h5-7,16H,2-4,8-9H2,1H3. The molecule has 1 nitrogen and oxygen atoms in total. The Kier molecular flexibility index (Phi) is 3.65. The van der Waals surface area contributed by atoms with Gasteiger partial charge in [-0.1, -0.05) is 22.4 Å². The zero-order valence-electron chi connectivity index (χ0n) is 9.52. The van der Waals surface area contributed by atoms with Gasteiger partial charge in [0, 0.05) is 11.0 Å². The molecule has 0 radical (unpaired) electrons. The number of halogens is 2. The van der Waals surface area contributed by atoms with E-state index in [1.165, 1.54) is 25.3 Å². The van der Waals surface area contributed by atoms with Crippen LogP contribution in [0.2, 0.25) is 0 Å². The molecule has 0 unspecified atom stereocenters. The van der Waals surface area contributed by atoms with E-state index < -0.39 is 0 Å². The summed E-state index contributed by atoms with van der Waals surface area (Å²) in [5, 5.41) is 3.25. The van der Waals surface area contributed by atoms with Crippen LogP contribution in [0, 0.1) is 11.2 Å². The highest BCUT2D eigenvalue weighted by Crippen LogP contribution is 2.43. The molecule has 1 N–H and O–H groups in total. The van der Waals surface area contributed by atoms with Crippen LogP contribution in [0.3, 0.4) is 0 Å². The van der Waals surface area contributed by atoms with Crippen molar-refractivity contribution in [2.45, 2.75) is 25.7 Å². The summed E-state index contributed by atoms with van der Waals surface area (Å²) in [5.41, 5.74) is 1.46. The Morgan fingerprint density at radius 1 is 1.38 bits per heavy atom. The Hall–Kier alpha value is -0.410. The zero-order valence-corrected chi connectivity index (χ0v) is 11.1. The van der Waals surface area contributed by atoms with Crippen LogP contribution in [0.15, 0.2) is 22.7 Å². The normalized spacial score (nSPS) is 18.2. The summed E-state index contributed by atoms with van der Waals surface area (Å²) in [7, 11) is 1.99. The fourth-order valence-corrected chi connectivity index (χ4v) is 3.13. The van der Waals surface area contributed by atoms with Crippen LogP contribution < -0.4 is 5.32 Å². The summed E-state index contributed by atoms with van der Waals surface area (Å²) < 4.78 is 14.1. The molecule has 16 heavy (non-hydrogen) atoms. The average Bonchev–Trinajstić information content (AvgIpc) is 2.13. The summed E-state index contributed by atoms with van der Waals surface area (Å²) >= 11 is 3.34. The molecule has 0 amide bonds. The zero-order chi connectivity index (χ0) is 11.6. The van der Waals surface area contributed by atoms with Gasteiger partial charge in [0.2, 0.25) is 0 Å². The van der Waals surface area contributed by atoms with E-state index in [0.29, 0.717) is 5.41 Å². The van der Waals surface area contributed by atoms with E-state index in [1.807, 2.05) is 13.1 Å². The molecule has 0 aromatic heterocycles. The van der Waals surface area contributed by atoms with Crippen molar-refractivity contribution in [1.29, 1.82) is 0 Å². The van der Waals surface area contributed by atoms with Crippen LogP contribution in [0.5, 0.6) is 0 Å². The van der Waals surface area contributed by atoms with Gasteiger partial charge in [-0.15, -0.1) is 0 Å². The number of rotatable bonds is 4. The third-order valence-corrected chi connectivity index (χ3v) is 3.93. The molecule has 1 fully saturated rings. The topological polar surface area (TPSA) is 12.0 Å². The third-order valence-electron chi connectivity index (χ3n) is 3.47. The van der Waals surface area contributed by atoms with E-state index >= 15 is 0 Å². The van der Waals surface area contributed by atoms with Gasteiger partial charge >= 0.3 is 0 Å². The summed E-state index contributed by atoms with van der Waals surface area (Å²) in [4.78, 5) is 0.